The molecule has 2 aromatic rings. The van der Waals surface area contributed by atoms with Gasteiger partial charge in [0.15, 0.2) is 0 Å². The molecule has 0 bridgehead atoms. The second kappa shape index (κ2) is 5.41. The van der Waals surface area contributed by atoms with Gasteiger partial charge in [0.25, 0.3) is 5.56 Å². The first-order valence-corrected chi connectivity index (χ1v) is 6.19. The average Bonchev–Trinajstić information content (AvgIpc) is 2.37. The number of halogens is 4. The minimum atomic E-state index is -4.49. The number of nitrogens with two attached hydrogens (primary N) is 1. The molecule has 20 heavy (non-hydrogen) atoms. The van der Waals surface area contributed by atoms with Crippen LogP contribution in [0.3, 0.4) is 0 Å². The van der Waals surface area contributed by atoms with Crippen molar-refractivity contribution in [3.63, 3.8) is 0 Å². The van der Waals surface area contributed by atoms with Crippen molar-refractivity contribution in [3.05, 3.63) is 39.4 Å². The van der Waals surface area contributed by atoms with Gasteiger partial charge in [-0.1, -0.05) is 0 Å². The minimum Gasteiger partial charge on any atom is -0.330 e. The molecule has 0 fully saturated rings. The number of aromatic nitrogens is 2. The molecular weight excluding hydrogens is 295 g/mol. The Bertz CT molecular complexity index is 697. The zero-order valence-electron chi connectivity index (χ0n) is 10.2. The van der Waals surface area contributed by atoms with Gasteiger partial charge in [0.2, 0.25) is 5.28 Å². The third kappa shape index (κ3) is 2.78. The lowest BCUT2D eigenvalue weighted by Crippen LogP contribution is -2.23. The smallest absolute Gasteiger partial charge is 0.330 e. The normalized spacial score (nSPS) is 12.1. The van der Waals surface area contributed by atoms with Crippen molar-refractivity contribution in [1.29, 1.82) is 0 Å². The molecule has 1 aromatic carbocycles. The molecule has 0 saturated carbocycles. The fraction of sp³-hybridized carbons (Fsp3) is 0.333. The highest BCUT2D eigenvalue weighted by molar-refractivity contribution is 6.28. The SMILES string of the molecule is NCCCn1c(Cl)nc2cc(C(F)(F)F)ccc2c1=O. The Kier molecular flexibility index (Phi) is 4.01. The predicted molar refractivity (Wildman–Crippen MR) is 69.7 cm³/mol. The van der Waals surface area contributed by atoms with Gasteiger partial charge in [-0.15, -0.1) is 0 Å². The van der Waals surface area contributed by atoms with Crippen LogP contribution in [0.1, 0.15) is 12.0 Å². The fourth-order valence-electron chi connectivity index (χ4n) is 1.81. The summed E-state index contributed by atoms with van der Waals surface area (Å²) < 4.78 is 39.0. The number of hydrogen-bond acceptors (Lipinski definition) is 3. The number of hydrogen-bond donors (Lipinski definition) is 1. The molecule has 0 atom stereocenters. The van der Waals surface area contributed by atoms with Crippen LogP contribution in [0, 0.1) is 0 Å². The van der Waals surface area contributed by atoms with Crippen LogP contribution < -0.4 is 11.3 Å². The van der Waals surface area contributed by atoms with Crippen LogP contribution in [0.25, 0.3) is 10.9 Å². The van der Waals surface area contributed by atoms with Crippen molar-refractivity contribution in [2.24, 2.45) is 5.73 Å². The van der Waals surface area contributed by atoms with E-state index < -0.39 is 17.3 Å². The molecule has 0 saturated heterocycles. The maximum absolute atomic E-state index is 12.6. The maximum Gasteiger partial charge on any atom is 0.416 e. The van der Waals surface area contributed by atoms with Crippen LogP contribution in [0.5, 0.6) is 0 Å². The van der Waals surface area contributed by atoms with E-state index >= 15 is 0 Å². The Labute approximate surface area is 117 Å². The maximum atomic E-state index is 12.6. The summed E-state index contributed by atoms with van der Waals surface area (Å²) in [5, 5.41) is -0.0466. The topological polar surface area (TPSA) is 60.9 Å². The quantitative estimate of drug-likeness (QED) is 0.886. The molecule has 1 aromatic heterocycles. The second-order valence-corrected chi connectivity index (χ2v) is 4.55. The Hall–Kier alpha value is -1.60. The van der Waals surface area contributed by atoms with E-state index in [-0.39, 0.29) is 22.7 Å². The van der Waals surface area contributed by atoms with Crippen LogP contribution in [-0.2, 0) is 12.7 Å². The summed E-state index contributed by atoms with van der Waals surface area (Å²) in [5.74, 6) is 0. The third-order valence-corrected chi connectivity index (χ3v) is 3.11. The van der Waals surface area contributed by atoms with E-state index in [2.05, 4.69) is 4.98 Å². The Balaban J connectivity index is 2.61. The van der Waals surface area contributed by atoms with Crippen molar-refractivity contribution in [1.82, 2.24) is 9.55 Å². The van der Waals surface area contributed by atoms with E-state index in [0.717, 1.165) is 18.2 Å². The predicted octanol–water partition coefficient (Wildman–Crippen LogP) is 2.42. The zero-order chi connectivity index (χ0) is 14.9. The summed E-state index contributed by atoms with van der Waals surface area (Å²) in [6.45, 7) is 0.645. The molecule has 1 heterocycles. The molecule has 0 unspecified atom stereocenters. The van der Waals surface area contributed by atoms with E-state index in [9.17, 15) is 18.0 Å². The second-order valence-electron chi connectivity index (χ2n) is 4.21. The van der Waals surface area contributed by atoms with Crippen LogP contribution in [0.2, 0.25) is 5.28 Å². The number of rotatable bonds is 3. The van der Waals surface area contributed by atoms with E-state index in [0.29, 0.717) is 13.0 Å². The first kappa shape index (κ1) is 14.8. The summed E-state index contributed by atoms with van der Waals surface area (Å²) in [6.07, 6.45) is -3.97. The van der Waals surface area contributed by atoms with E-state index in [1.54, 1.807) is 0 Å². The monoisotopic (exact) mass is 305 g/mol. The summed E-state index contributed by atoms with van der Waals surface area (Å²) in [7, 11) is 0. The molecule has 0 radical (unpaired) electrons. The lowest BCUT2D eigenvalue weighted by molar-refractivity contribution is -0.137. The Morgan fingerprint density at radius 2 is 2.05 bits per heavy atom. The lowest BCUT2D eigenvalue weighted by Gasteiger charge is -2.10. The average molecular weight is 306 g/mol. The van der Waals surface area contributed by atoms with Crippen molar-refractivity contribution in [2.75, 3.05) is 6.54 Å². The zero-order valence-corrected chi connectivity index (χ0v) is 11.0. The number of alkyl halides is 3. The van der Waals surface area contributed by atoms with Crippen molar-refractivity contribution in [3.8, 4) is 0 Å². The van der Waals surface area contributed by atoms with Gasteiger partial charge in [0.1, 0.15) is 0 Å². The van der Waals surface area contributed by atoms with Gasteiger partial charge in [-0.05, 0) is 42.8 Å². The highest BCUT2D eigenvalue weighted by atomic mass is 35.5. The van der Waals surface area contributed by atoms with E-state index in [1.807, 2.05) is 0 Å². The molecule has 108 valence electrons. The van der Waals surface area contributed by atoms with E-state index in [1.165, 1.54) is 4.57 Å². The molecule has 0 amide bonds. The van der Waals surface area contributed by atoms with Crippen LogP contribution >= 0.6 is 11.6 Å². The number of benzene rings is 1. The fourth-order valence-corrected chi connectivity index (χ4v) is 2.07. The first-order chi connectivity index (χ1) is 9.34. The number of fused-ring (bicyclic) bond motifs is 1. The molecular formula is C12H11ClF3N3O. The van der Waals surface area contributed by atoms with Gasteiger partial charge in [-0.3, -0.25) is 9.36 Å². The molecule has 0 aliphatic heterocycles. The van der Waals surface area contributed by atoms with Gasteiger partial charge < -0.3 is 5.73 Å². The summed E-state index contributed by atoms with van der Waals surface area (Å²) in [5.41, 5.74) is 3.94. The molecule has 0 aliphatic rings. The van der Waals surface area contributed by atoms with Crippen molar-refractivity contribution < 1.29 is 13.2 Å². The molecule has 8 heteroatoms. The van der Waals surface area contributed by atoms with E-state index in [4.69, 9.17) is 17.3 Å². The summed E-state index contributed by atoms with van der Waals surface area (Å²) >= 11 is 5.84. The Morgan fingerprint density at radius 3 is 2.65 bits per heavy atom. The highest BCUT2D eigenvalue weighted by Gasteiger charge is 2.30. The summed E-state index contributed by atoms with van der Waals surface area (Å²) in [6, 6.07) is 2.78. The number of nitrogens with zero attached hydrogens (tertiary/aromatic N) is 2. The molecule has 4 nitrogen and oxygen atoms in total. The van der Waals surface area contributed by atoms with Crippen molar-refractivity contribution >= 4 is 22.5 Å². The molecule has 2 N–H and O–H groups in total. The Morgan fingerprint density at radius 1 is 1.35 bits per heavy atom. The molecule has 2 rings (SSSR count). The summed E-state index contributed by atoms with van der Waals surface area (Å²) in [4.78, 5) is 16.0. The van der Waals surface area contributed by atoms with Gasteiger partial charge in [-0.25, -0.2) is 4.98 Å². The van der Waals surface area contributed by atoms with Crippen LogP contribution in [0.4, 0.5) is 13.2 Å². The van der Waals surface area contributed by atoms with Crippen LogP contribution in [-0.4, -0.2) is 16.1 Å². The van der Waals surface area contributed by atoms with Crippen molar-refractivity contribution in [2.45, 2.75) is 19.1 Å². The lowest BCUT2D eigenvalue weighted by atomic mass is 10.1. The van der Waals surface area contributed by atoms with Crippen LogP contribution in [0.15, 0.2) is 23.0 Å². The minimum absolute atomic E-state index is 0.0705. The first-order valence-electron chi connectivity index (χ1n) is 5.82. The van der Waals surface area contributed by atoms with Gasteiger partial charge in [0.05, 0.1) is 16.5 Å². The largest absolute Gasteiger partial charge is 0.416 e. The van der Waals surface area contributed by atoms with Gasteiger partial charge >= 0.3 is 6.18 Å². The van der Waals surface area contributed by atoms with Gasteiger partial charge in [0, 0.05) is 6.54 Å². The third-order valence-electron chi connectivity index (χ3n) is 2.82. The molecule has 0 aliphatic carbocycles. The highest BCUT2D eigenvalue weighted by Crippen LogP contribution is 2.30. The molecule has 0 spiro atoms. The van der Waals surface area contributed by atoms with Gasteiger partial charge in [-0.2, -0.15) is 13.2 Å². The standard InChI is InChI=1S/C12H11ClF3N3O/c13-11-18-9-6-7(12(14,15)16)2-3-8(9)10(20)19(11)5-1-4-17/h2-3,6H,1,4-5,17H2.